The van der Waals surface area contributed by atoms with Gasteiger partial charge in [0.25, 0.3) is 5.91 Å². The van der Waals surface area contributed by atoms with Crippen LogP contribution in [-0.2, 0) is 29.7 Å². The Hall–Kier alpha value is -3.12. The molecule has 0 aliphatic carbocycles. The topological polar surface area (TPSA) is 64.6 Å². The second-order valence-corrected chi connectivity index (χ2v) is 8.30. The largest absolute Gasteiger partial charge is 0.493 e. The Balaban J connectivity index is 1.61. The molecule has 0 saturated heterocycles. The monoisotopic (exact) mass is 423 g/mol. The Morgan fingerprint density at radius 2 is 1.67 bits per heavy atom. The van der Waals surface area contributed by atoms with E-state index in [1.54, 1.807) is 31.6 Å². The molecule has 6 heteroatoms. The fourth-order valence-corrected chi connectivity index (χ4v) is 3.65. The van der Waals surface area contributed by atoms with Gasteiger partial charge >= 0.3 is 0 Å². The van der Waals surface area contributed by atoms with Gasteiger partial charge in [0, 0.05) is 34.9 Å². The molecule has 1 atom stereocenters. The number of amides is 1. The second-order valence-electron chi connectivity index (χ2n) is 6.86. The van der Waals surface area contributed by atoms with Crippen molar-refractivity contribution in [2.24, 2.45) is 0 Å². The van der Waals surface area contributed by atoms with Gasteiger partial charge in [-0.1, -0.05) is 48.5 Å². The first-order valence-electron chi connectivity index (χ1n) is 9.56. The molecule has 0 aliphatic heterocycles. The Kier molecular flexibility index (Phi) is 7.63. The maximum Gasteiger partial charge on any atom is 0.251 e. The van der Waals surface area contributed by atoms with Gasteiger partial charge in [0.15, 0.2) is 11.5 Å². The molecule has 30 heavy (non-hydrogen) atoms. The summed E-state index contributed by atoms with van der Waals surface area (Å²) in [6, 6.07) is 22.7. The summed E-state index contributed by atoms with van der Waals surface area (Å²) in [5, 5.41) is 2.91. The Morgan fingerprint density at radius 3 is 2.40 bits per heavy atom. The molecule has 3 aromatic carbocycles. The molecule has 1 amide bonds. The second kappa shape index (κ2) is 10.6. The Bertz CT molecular complexity index is 1020. The van der Waals surface area contributed by atoms with Crippen LogP contribution in [0, 0.1) is 0 Å². The Labute approximate surface area is 179 Å². The van der Waals surface area contributed by atoms with Gasteiger partial charge in [-0.3, -0.25) is 9.00 Å². The molecule has 0 saturated carbocycles. The highest BCUT2D eigenvalue weighted by atomic mass is 32.2. The standard InChI is InChI=1S/C24H25NO4S/c1-28-23-14-19(11-12-22(23)29-16-18-7-4-3-5-8-18)15-25-24(26)21-10-6-9-20(13-21)17-30(2)27/h3-14H,15-17H2,1-2H3,(H,25,26). The van der Waals surface area contributed by atoms with E-state index in [4.69, 9.17) is 9.47 Å². The van der Waals surface area contributed by atoms with E-state index in [2.05, 4.69) is 5.32 Å². The molecule has 3 aromatic rings. The number of rotatable bonds is 9. The first-order valence-corrected chi connectivity index (χ1v) is 11.3. The first-order chi connectivity index (χ1) is 14.5. The van der Waals surface area contributed by atoms with E-state index >= 15 is 0 Å². The Morgan fingerprint density at radius 1 is 0.900 bits per heavy atom. The molecule has 1 N–H and O–H groups in total. The van der Waals surface area contributed by atoms with Crippen LogP contribution in [0.4, 0.5) is 0 Å². The quantitative estimate of drug-likeness (QED) is 0.563. The van der Waals surface area contributed by atoms with Crippen LogP contribution in [-0.4, -0.2) is 23.5 Å². The van der Waals surface area contributed by atoms with E-state index in [1.807, 2.05) is 54.6 Å². The number of hydrogen-bond acceptors (Lipinski definition) is 4. The predicted octanol–water partition coefficient (Wildman–Crippen LogP) is 4.08. The van der Waals surface area contributed by atoms with E-state index in [0.717, 1.165) is 16.7 Å². The average molecular weight is 424 g/mol. The van der Waals surface area contributed by atoms with E-state index in [0.29, 0.717) is 36.0 Å². The lowest BCUT2D eigenvalue weighted by atomic mass is 10.1. The minimum Gasteiger partial charge on any atom is -0.493 e. The molecular weight excluding hydrogens is 398 g/mol. The number of ether oxygens (including phenoxy) is 2. The minimum absolute atomic E-state index is 0.179. The lowest BCUT2D eigenvalue weighted by Crippen LogP contribution is -2.23. The summed E-state index contributed by atoms with van der Waals surface area (Å²) >= 11 is 0. The average Bonchev–Trinajstić information content (AvgIpc) is 2.76. The van der Waals surface area contributed by atoms with Gasteiger partial charge < -0.3 is 14.8 Å². The molecule has 0 aromatic heterocycles. The van der Waals surface area contributed by atoms with Gasteiger partial charge in [0.1, 0.15) is 6.61 Å². The van der Waals surface area contributed by atoms with Crippen molar-refractivity contribution >= 4 is 16.7 Å². The van der Waals surface area contributed by atoms with Crippen molar-refractivity contribution in [2.45, 2.75) is 18.9 Å². The third-order valence-corrected chi connectivity index (χ3v) is 5.22. The van der Waals surface area contributed by atoms with Crippen molar-refractivity contribution < 1.29 is 18.5 Å². The van der Waals surface area contributed by atoms with Crippen LogP contribution in [0.1, 0.15) is 27.0 Å². The van der Waals surface area contributed by atoms with Gasteiger partial charge in [-0.15, -0.1) is 0 Å². The number of benzene rings is 3. The molecule has 1 unspecified atom stereocenters. The lowest BCUT2D eigenvalue weighted by molar-refractivity contribution is 0.0950. The molecule has 0 heterocycles. The van der Waals surface area contributed by atoms with Crippen LogP contribution in [0.2, 0.25) is 0 Å². The molecular formula is C24H25NO4S. The van der Waals surface area contributed by atoms with Crippen molar-refractivity contribution in [3.63, 3.8) is 0 Å². The van der Waals surface area contributed by atoms with E-state index in [1.165, 1.54) is 0 Å². The molecule has 3 rings (SSSR count). The van der Waals surface area contributed by atoms with Crippen molar-refractivity contribution in [1.82, 2.24) is 5.32 Å². The number of methoxy groups -OCH3 is 1. The van der Waals surface area contributed by atoms with Crippen LogP contribution < -0.4 is 14.8 Å². The predicted molar refractivity (Wildman–Crippen MR) is 119 cm³/mol. The highest BCUT2D eigenvalue weighted by Gasteiger charge is 2.10. The molecule has 0 radical (unpaired) electrons. The number of carbonyl (C=O) groups is 1. The van der Waals surface area contributed by atoms with Crippen molar-refractivity contribution in [3.8, 4) is 11.5 Å². The van der Waals surface area contributed by atoms with Crippen LogP contribution in [0.5, 0.6) is 11.5 Å². The molecule has 0 aliphatic rings. The molecule has 5 nitrogen and oxygen atoms in total. The summed E-state index contributed by atoms with van der Waals surface area (Å²) < 4.78 is 22.7. The number of nitrogens with one attached hydrogen (secondary N) is 1. The molecule has 0 spiro atoms. The zero-order valence-corrected chi connectivity index (χ0v) is 17.9. The molecule has 0 bridgehead atoms. The van der Waals surface area contributed by atoms with E-state index in [9.17, 15) is 9.00 Å². The summed E-state index contributed by atoms with van der Waals surface area (Å²) in [5.74, 6) is 1.52. The van der Waals surface area contributed by atoms with Crippen molar-refractivity contribution in [2.75, 3.05) is 13.4 Å². The molecule has 156 valence electrons. The lowest BCUT2D eigenvalue weighted by Gasteiger charge is -2.13. The van der Waals surface area contributed by atoms with E-state index in [-0.39, 0.29) is 5.91 Å². The van der Waals surface area contributed by atoms with Gasteiger partial charge in [-0.2, -0.15) is 0 Å². The number of carbonyl (C=O) groups excluding carboxylic acids is 1. The normalized spacial score (nSPS) is 11.5. The van der Waals surface area contributed by atoms with Crippen molar-refractivity contribution in [1.29, 1.82) is 0 Å². The van der Waals surface area contributed by atoms with Crippen LogP contribution in [0.25, 0.3) is 0 Å². The fourth-order valence-electron chi connectivity index (χ4n) is 3.00. The van der Waals surface area contributed by atoms with Gasteiger partial charge in [0.2, 0.25) is 0 Å². The van der Waals surface area contributed by atoms with E-state index < -0.39 is 10.8 Å². The maximum atomic E-state index is 12.5. The first kappa shape index (κ1) is 21.6. The zero-order chi connectivity index (χ0) is 21.3. The summed E-state index contributed by atoms with van der Waals surface area (Å²) in [4.78, 5) is 12.5. The highest BCUT2D eigenvalue weighted by molar-refractivity contribution is 7.83. The maximum absolute atomic E-state index is 12.5. The SMILES string of the molecule is COc1cc(CNC(=O)c2cccc(CS(C)=O)c2)ccc1OCc1ccccc1. The summed E-state index contributed by atoms with van der Waals surface area (Å²) in [6.07, 6.45) is 1.65. The smallest absolute Gasteiger partial charge is 0.251 e. The van der Waals surface area contributed by atoms with Crippen molar-refractivity contribution in [3.05, 3.63) is 95.1 Å². The number of hydrogen-bond donors (Lipinski definition) is 1. The van der Waals surface area contributed by atoms with Gasteiger partial charge in [-0.05, 0) is 41.0 Å². The third kappa shape index (κ3) is 6.19. The summed E-state index contributed by atoms with van der Waals surface area (Å²) in [7, 11) is 0.644. The third-order valence-electron chi connectivity index (χ3n) is 4.48. The van der Waals surface area contributed by atoms with Crippen LogP contribution >= 0.6 is 0 Å². The zero-order valence-electron chi connectivity index (χ0n) is 17.1. The highest BCUT2D eigenvalue weighted by Crippen LogP contribution is 2.29. The van der Waals surface area contributed by atoms with Crippen LogP contribution in [0.15, 0.2) is 72.8 Å². The van der Waals surface area contributed by atoms with Gasteiger partial charge in [-0.25, -0.2) is 0 Å². The summed E-state index contributed by atoms with van der Waals surface area (Å²) in [5.41, 5.74) is 3.40. The minimum atomic E-state index is -0.949. The van der Waals surface area contributed by atoms with Gasteiger partial charge in [0.05, 0.1) is 7.11 Å². The van der Waals surface area contributed by atoms with Crippen LogP contribution in [0.3, 0.4) is 0 Å². The fraction of sp³-hybridized carbons (Fsp3) is 0.208. The molecule has 0 fully saturated rings. The summed E-state index contributed by atoms with van der Waals surface area (Å²) in [6.45, 7) is 0.810.